The molecule has 1 nitrogen and oxygen atoms in total. The highest BCUT2D eigenvalue weighted by Gasteiger charge is 2.26. The van der Waals surface area contributed by atoms with Gasteiger partial charge in [0.1, 0.15) is 0 Å². The van der Waals surface area contributed by atoms with E-state index >= 15 is 0 Å². The quantitative estimate of drug-likeness (QED) is 0.838. The first-order valence-electron chi connectivity index (χ1n) is 6.63. The van der Waals surface area contributed by atoms with Crippen LogP contribution >= 0.6 is 11.6 Å². The second kappa shape index (κ2) is 5.88. The molecule has 0 radical (unpaired) electrons. The molecular weight excluding hydrogens is 230 g/mol. The molecule has 2 rings (SSSR count). The lowest BCUT2D eigenvalue weighted by atomic mass is 9.77. The average molecular weight is 252 g/mol. The van der Waals surface area contributed by atoms with Crippen molar-refractivity contribution in [2.45, 2.75) is 38.6 Å². The molecule has 94 valence electrons. The molecule has 1 N–H and O–H groups in total. The summed E-state index contributed by atoms with van der Waals surface area (Å²) in [6, 6.07) is 8.74. The van der Waals surface area contributed by atoms with Crippen molar-refractivity contribution < 1.29 is 0 Å². The van der Waals surface area contributed by atoms with Gasteiger partial charge < -0.3 is 5.32 Å². The van der Waals surface area contributed by atoms with Gasteiger partial charge in [0.05, 0.1) is 0 Å². The molecule has 0 aliphatic heterocycles. The third-order valence-corrected chi connectivity index (χ3v) is 4.29. The Morgan fingerprint density at radius 1 is 1.24 bits per heavy atom. The normalized spacial score (nSPS) is 26.8. The summed E-state index contributed by atoms with van der Waals surface area (Å²) in [5.74, 6) is 1.66. The lowest BCUT2D eigenvalue weighted by Gasteiger charge is -2.33. The van der Waals surface area contributed by atoms with Gasteiger partial charge in [0, 0.05) is 11.1 Å². The van der Waals surface area contributed by atoms with Crippen LogP contribution in [0, 0.1) is 11.8 Å². The number of hydrogen-bond acceptors (Lipinski definition) is 1. The molecule has 1 aromatic carbocycles. The predicted molar refractivity (Wildman–Crippen MR) is 74.4 cm³/mol. The first-order valence-corrected chi connectivity index (χ1v) is 7.01. The molecule has 0 amide bonds. The van der Waals surface area contributed by atoms with Crippen molar-refractivity contribution in [1.82, 2.24) is 5.32 Å². The summed E-state index contributed by atoms with van der Waals surface area (Å²) in [4.78, 5) is 0. The van der Waals surface area contributed by atoms with Crippen LogP contribution in [0.15, 0.2) is 24.3 Å². The van der Waals surface area contributed by atoms with E-state index in [1.165, 1.54) is 31.2 Å². The third-order valence-electron chi connectivity index (χ3n) is 4.05. The van der Waals surface area contributed by atoms with E-state index in [9.17, 15) is 0 Å². The Bertz CT molecular complexity index is 356. The number of benzene rings is 1. The second-order valence-corrected chi connectivity index (χ2v) is 5.78. The van der Waals surface area contributed by atoms with Crippen molar-refractivity contribution in [3.63, 3.8) is 0 Å². The van der Waals surface area contributed by atoms with E-state index < -0.39 is 0 Å². The minimum absolute atomic E-state index is 0.459. The number of hydrogen-bond donors (Lipinski definition) is 1. The molecule has 0 aromatic heterocycles. The van der Waals surface area contributed by atoms with Crippen molar-refractivity contribution in [2.75, 3.05) is 7.05 Å². The van der Waals surface area contributed by atoms with Crippen LogP contribution in [0.3, 0.4) is 0 Å². The average Bonchev–Trinajstić information content (AvgIpc) is 2.33. The topological polar surface area (TPSA) is 12.0 Å². The Morgan fingerprint density at radius 3 is 2.53 bits per heavy atom. The smallest absolute Gasteiger partial charge is 0.0409 e. The molecule has 0 heterocycles. The van der Waals surface area contributed by atoms with Crippen molar-refractivity contribution in [2.24, 2.45) is 11.8 Å². The maximum atomic E-state index is 6.08. The van der Waals surface area contributed by atoms with Gasteiger partial charge in [0.15, 0.2) is 0 Å². The maximum Gasteiger partial charge on any atom is 0.0409 e. The van der Waals surface area contributed by atoms with Crippen LogP contribution in [0.25, 0.3) is 0 Å². The van der Waals surface area contributed by atoms with E-state index in [1.54, 1.807) is 0 Å². The molecule has 1 aliphatic rings. The Hall–Kier alpha value is -0.530. The molecule has 0 saturated heterocycles. The van der Waals surface area contributed by atoms with Crippen molar-refractivity contribution in [3.8, 4) is 0 Å². The van der Waals surface area contributed by atoms with Crippen LogP contribution in [0.1, 0.15) is 44.2 Å². The van der Waals surface area contributed by atoms with Crippen LogP contribution < -0.4 is 5.32 Å². The Kier molecular flexibility index (Phi) is 4.47. The zero-order valence-corrected chi connectivity index (χ0v) is 11.5. The highest BCUT2D eigenvalue weighted by atomic mass is 35.5. The molecule has 17 heavy (non-hydrogen) atoms. The van der Waals surface area contributed by atoms with Gasteiger partial charge in [0.2, 0.25) is 0 Å². The molecule has 1 fully saturated rings. The first kappa shape index (κ1) is 12.9. The summed E-state index contributed by atoms with van der Waals surface area (Å²) in [5.41, 5.74) is 1.33. The standard InChI is InChI=1S/C15H22ClN/c1-11-6-8-12(9-7-11)15(17-2)13-4-3-5-14(16)10-13/h3-5,10-12,15,17H,6-9H2,1-2H3. The molecule has 0 bridgehead atoms. The second-order valence-electron chi connectivity index (χ2n) is 5.34. The molecule has 1 aliphatic carbocycles. The zero-order chi connectivity index (χ0) is 12.3. The minimum Gasteiger partial charge on any atom is -0.313 e. The van der Waals surface area contributed by atoms with Crippen LogP contribution in [0.2, 0.25) is 5.02 Å². The summed E-state index contributed by atoms with van der Waals surface area (Å²) in [6.07, 6.45) is 5.39. The highest BCUT2D eigenvalue weighted by Crippen LogP contribution is 2.36. The summed E-state index contributed by atoms with van der Waals surface area (Å²) in [5, 5.41) is 4.31. The maximum absolute atomic E-state index is 6.08. The van der Waals surface area contributed by atoms with Gasteiger partial charge in [-0.25, -0.2) is 0 Å². The molecule has 0 spiro atoms. The van der Waals surface area contributed by atoms with E-state index in [-0.39, 0.29) is 0 Å². The summed E-state index contributed by atoms with van der Waals surface area (Å²) in [6.45, 7) is 2.37. The van der Waals surface area contributed by atoms with E-state index in [2.05, 4.69) is 31.4 Å². The van der Waals surface area contributed by atoms with Gasteiger partial charge in [-0.05, 0) is 49.4 Å². The number of rotatable bonds is 3. The molecule has 1 saturated carbocycles. The fraction of sp³-hybridized carbons (Fsp3) is 0.600. The molecule has 2 heteroatoms. The Balaban J connectivity index is 2.10. The fourth-order valence-corrected chi connectivity index (χ4v) is 3.19. The van der Waals surface area contributed by atoms with Crippen LogP contribution in [-0.2, 0) is 0 Å². The van der Waals surface area contributed by atoms with E-state index in [4.69, 9.17) is 11.6 Å². The lowest BCUT2D eigenvalue weighted by Crippen LogP contribution is -2.28. The van der Waals surface area contributed by atoms with E-state index in [0.717, 1.165) is 16.9 Å². The van der Waals surface area contributed by atoms with Crippen LogP contribution in [0.4, 0.5) is 0 Å². The summed E-state index contributed by atoms with van der Waals surface area (Å²) < 4.78 is 0. The third kappa shape index (κ3) is 3.23. The van der Waals surface area contributed by atoms with Gasteiger partial charge in [0.25, 0.3) is 0 Å². The number of halogens is 1. The van der Waals surface area contributed by atoms with Gasteiger partial charge >= 0.3 is 0 Å². The van der Waals surface area contributed by atoms with Crippen LogP contribution in [-0.4, -0.2) is 7.05 Å². The first-order chi connectivity index (χ1) is 8.20. The Labute approximate surface area is 110 Å². The predicted octanol–water partition coefficient (Wildman–Crippen LogP) is 4.43. The molecule has 1 unspecified atom stereocenters. The van der Waals surface area contributed by atoms with Gasteiger partial charge in [-0.15, -0.1) is 0 Å². The molecule has 1 atom stereocenters. The van der Waals surface area contributed by atoms with Gasteiger partial charge in [-0.1, -0.05) is 43.5 Å². The number of nitrogens with one attached hydrogen (secondary N) is 1. The Morgan fingerprint density at radius 2 is 1.94 bits per heavy atom. The minimum atomic E-state index is 0.459. The zero-order valence-electron chi connectivity index (χ0n) is 10.7. The van der Waals surface area contributed by atoms with Gasteiger partial charge in [-0.2, -0.15) is 0 Å². The van der Waals surface area contributed by atoms with Crippen molar-refractivity contribution in [1.29, 1.82) is 0 Å². The van der Waals surface area contributed by atoms with E-state index in [0.29, 0.717) is 6.04 Å². The molecular formula is C15H22ClN. The van der Waals surface area contributed by atoms with E-state index in [1.807, 2.05) is 12.1 Å². The lowest BCUT2D eigenvalue weighted by molar-refractivity contribution is 0.238. The summed E-state index contributed by atoms with van der Waals surface area (Å²) >= 11 is 6.08. The monoisotopic (exact) mass is 251 g/mol. The largest absolute Gasteiger partial charge is 0.313 e. The van der Waals surface area contributed by atoms with Crippen LogP contribution in [0.5, 0.6) is 0 Å². The molecule has 1 aromatic rings. The van der Waals surface area contributed by atoms with Gasteiger partial charge in [-0.3, -0.25) is 0 Å². The fourth-order valence-electron chi connectivity index (χ4n) is 2.99. The summed E-state index contributed by atoms with van der Waals surface area (Å²) in [7, 11) is 2.06. The highest BCUT2D eigenvalue weighted by molar-refractivity contribution is 6.30. The van der Waals surface area contributed by atoms with Crippen molar-refractivity contribution in [3.05, 3.63) is 34.9 Å². The van der Waals surface area contributed by atoms with Crippen molar-refractivity contribution >= 4 is 11.6 Å². The SMILES string of the molecule is CNC(c1cccc(Cl)c1)C1CCC(C)CC1.